The zero-order valence-corrected chi connectivity index (χ0v) is 13.5. The molecule has 0 saturated heterocycles. The fourth-order valence-electron chi connectivity index (χ4n) is 2.57. The minimum absolute atomic E-state index is 0.0341. The highest BCUT2D eigenvalue weighted by atomic mass is 19.1. The van der Waals surface area contributed by atoms with E-state index >= 15 is 0 Å². The maximum absolute atomic E-state index is 13.1. The minimum atomic E-state index is -0.305. The zero-order valence-electron chi connectivity index (χ0n) is 13.5. The van der Waals surface area contributed by atoms with Crippen molar-refractivity contribution >= 4 is 5.78 Å². The summed E-state index contributed by atoms with van der Waals surface area (Å²) in [4.78, 5) is 16.3. The Hall–Kier alpha value is -2.96. The van der Waals surface area contributed by atoms with Gasteiger partial charge in [-0.2, -0.15) is 4.98 Å². The summed E-state index contributed by atoms with van der Waals surface area (Å²) in [6.45, 7) is 5.18. The lowest BCUT2D eigenvalue weighted by Crippen LogP contribution is -2.13. The molecule has 0 aliphatic heterocycles. The molecule has 6 nitrogen and oxygen atoms in total. The zero-order chi connectivity index (χ0) is 17.3. The first-order valence-corrected chi connectivity index (χ1v) is 7.37. The Kier molecular flexibility index (Phi) is 4.16. The lowest BCUT2D eigenvalue weighted by molar-refractivity contribution is 0.0884. The van der Waals surface area contributed by atoms with E-state index in [1.807, 2.05) is 18.4 Å². The standard InChI is InChI=1S/C17H16FN3O3/c1-10-8-15(16(22)9-23-17-19-12(3)20-24-17)11(2)21(10)14-6-4-13(18)5-7-14/h4-8H,9H2,1-3H3. The largest absolute Gasteiger partial charge is 0.440 e. The number of Topliss-reactive ketones (excluding diaryl/α,β-unsaturated/α-hetero) is 1. The van der Waals surface area contributed by atoms with Gasteiger partial charge < -0.3 is 9.30 Å². The van der Waals surface area contributed by atoms with Crippen molar-refractivity contribution in [1.82, 2.24) is 14.7 Å². The highest BCUT2D eigenvalue weighted by molar-refractivity contribution is 5.98. The molecule has 0 saturated carbocycles. The van der Waals surface area contributed by atoms with Gasteiger partial charge in [0.1, 0.15) is 5.82 Å². The molecule has 0 spiro atoms. The lowest BCUT2D eigenvalue weighted by Gasteiger charge is -2.09. The molecule has 3 rings (SSSR count). The van der Waals surface area contributed by atoms with Crippen molar-refractivity contribution in [3.05, 3.63) is 58.9 Å². The predicted octanol–water partition coefficient (Wildman–Crippen LogP) is 3.19. The SMILES string of the molecule is Cc1noc(OCC(=O)c2cc(C)n(-c3ccc(F)cc3)c2C)n1. The number of carbonyl (C=O) groups excluding carboxylic acids is 1. The molecule has 7 heteroatoms. The van der Waals surface area contributed by atoms with Crippen LogP contribution in [0.1, 0.15) is 27.6 Å². The van der Waals surface area contributed by atoms with Crippen molar-refractivity contribution in [2.75, 3.05) is 6.61 Å². The predicted molar refractivity (Wildman–Crippen MR) is 84.1 cm³/mol. The van der Waals surface area contributed by atoms with E-state index in [0.717, 1.165) is 17.1 Å². The molecule has 2 aromatic heterocycles. The van der Waals surface area contributed by atoms with Crippen LogP contribution in [0.3, 0.4) is 0 Å². The number of aromatic nitrogens is 3. The number of rotatable bonds is 5. The van der Waals surface area contributed by atoms with E-state index in [9.17, 15) is 9.18 Å². The summed E-state index contributed by atoms with van der Waals surface area (Å²) >= 11 is 0. The first-order valence-electron chi connectivity index (χ1n) is 7.37. The summed E-state index contributed by atoms with van der Waals surface area (Å²) in [5, 5.41) is 3.59. The van der Waals surface area contributed by atoms with Crippen molar-refractivity contribution in [3.63, 3.8) is 0 Å². The molecule has 1 aromatic carbocycles. The molecule has 0 aliphatic carbocycles. The third-order valence-corrected chi connectivity index (χ3v) is 3.65. The number of halogens is 1. The molecule has 0 atom stereocenters. The fraction of sp³-hybridized carbons (Fsp3) is 0.235. The second-order valence-electron chi connectivity index (χ2n) is 5.42. The fourth-order valence-corrected chi connectivity index (χ4v) is 2.57. The van der Waals surface area contributed by atoms with E-state index in [-0.39, 0.29) is 24.3 Å². The van der Waals surface area contributed by atoms with Gasteiger partial charge in [0.05, 0.1) is 0 Å². The highest BCUT2D eigenvalue weighted by Gasteiger charge is 2.18. The maximum Gasteiger partial charge on any atom is 0.417 e. The van der Waals surface area contributed by atoms with Crippen LogP contribution < -0.4 is 4.74 Å². The Balaban J connectivity index is 1.82. The number of ether oxygens (including phenoxy) is 1. The first kappa shape index (κ1) is 15.9. The van der Waals surface area contributed by atoms with Gasteiger partial charge in [-0.1, -0.05) is 5.16 Å². The van der Waals surface area contributed by atoms with Crippen molar-refractivity contribution in [3.8, 4) is 11.8 Å². The van der Waals surface area contributed by atoms with Gasteiger partial charge >= 0.3 is 6.08 Å². The molecule has 124 valence electrons. The summed E-state index contributed by atoms with van der Waals surface area (Å²) < 4.78 is 25.0. The Bertz CT molecular complexity index is 881. The monoisotopic (exact) mass is 329 g/mol. The van der Waals surface area contributed by atoms with Crippen molar-refractivity contribution in [2.45, 2.75) is 20.8 Å². The lowest BCUT2D eigenvalue weighted by atomic mass is 10.1. The number of ketones is 1. The smallest absolute Gasteiger partial charge is 0.417 e. The first-order chi connectivity index (χ1) is 11.5. The number of hydrogen-bond donors (Lipinski definition) is 0. The van der Waals surface area contributed by atoms with E-state index in [0.29, 0.717) is 11.4 Å². The minimum Gasteiger partial charge on any atom is -0.440 e. The third kappa shape index (κ3) is 3.05. The van der Waals surface area contributed by atoms with Crippen LogP contribution in [-0.4, -0.2) is 27.1 Å². The third-order valence-electron chi connectivity index (χ3n) is 3.65. The average Bonchev–Trinajstić information content (AvgIpc) is 3.09. The van der Waals surface area contributed by atoms with Crippen LogP contribution >= 0.6 is 0 Å². The van der Waals surface area contributed by atoms with Crippen LogP contribution in [0, 0.1) is 26.6 Å². The summed E-state index contributed by atoms with van der Waals surface area (Å²) in [5.74, 6) is -0.0694. The van der Waals surface area contributed by atoms with Gasteiger partial charge in [-0.25, -0.2) is 4.39 Å². The van der Waals surface area contributed by atoms with Gasteiger partial charge in [0.25, 0.3) is 0 Å². The van der Waals surface area contributed by atoms with Gasteiger partial charge in [0, 0.05) is 22.6 Å². The maximum atomic E-state index is 13.1. The number of hydrogen-bond acceptors (Lipinski definition) is 5. The second kappa shape index (κ2) is 6.27. The van der Waals surface area contributed by atoms with Crippen LogP contribution in [-0.2, 0) is 0 Å². The number of benzene rings is 1. The van der Waals surface area contributed by atoms with Crippen molar-refractivity contribution in [2.24, 2.45) is 0 Å². The topological polar surface area (TPSA) is 70.2 Å². The Morgan fingerprint density at radius 1 is 1.25 bits per heavy atom. The van der Waals surface area contributed by atoms with Gasteiger partial charge in [0.2, 0.25) is 5.78 Å². The van der Waals surface area contributed by atoms with Crippen molar-refractivity contribution < 1.29 is 18.4 Å². The molecule has 0 unspecified atom stereocenters. The van der Waals surface area contributed by atoms with Crippen molar-refractivity contribution in [1.29, 1.82) is 0 Å². The summed E-state index contributed by atoms with van der Waals surface area (Å²) in [5.41, 5.74) is 2.96. The van der Waals surface area contributed by atoms with E-state index in [1.165, 1.54) is 12.1 Å². The summed E-state index contributed by atoms with van der Waals surface area (Å²) in [6.07, 6.45) is -0.0341. The number of nitrogens with zero attached hydrogens (tertiary/aromatic N) is 3. The van der Waals surface area contributed by atoms with E-state index in [4.69, 9.17) is 9.26 Å². The van der Waals surface area contributed by atoms with Crippen LogP contribution in [0.25, 0.3) is 5.69 Å². The van der Waals surface area contributed by atoms with Gasteiger partial charge in [-0.15, -0.1) is 0 Å². The quantitative estimate of drug-likeness (QED) is 0.672. The normalized spacial score (nSPS) is 10.8. The molecular weight excluding hydrogens is 313 g/mol. The molecule has 0 radical (unpaired) electrons. The Morgan fingerprint density at radius 3 is 2.58 bits per heavy atom. The van der Waals surface area contributed by atoms with Crippen LogP contribution in [0.4, 0.5) is 4.39 Å². The number of carbonyl (C=O) groups is 1. The summed E-state index contributed by atoms with van der Waals surface area (Å²) in [6, 6.07) is 7.89. The number of aryl methyl sites for hydroxylation is 2. The van der Waals surface area contributed by atoms with Crippen LogP contribution in [0.5, 0.6) is 6.08 Å². The Morgan fingerprint density at radius 2 is 1.96 bits per heavy atom. The molecule has 2 heterocycles. The molecule has 3 aromatic rings. The molecule has 0 aliphatic rings. The Labute approximate surface area is 137 Å². The molecule has 0 N–H and O–H groups in total. The molecule has 24 heavy (non-hydrogen) atoms. The van der Waals surface area contributed by atoms with Gasteiger partial charge in [-0.3, -0.25) is 9.32 Å². The summed E-state index contributed by atoms with van der Waals surface area (Å²) in [7, 11) is 0. The van der Waals surface area contributed by atoms with Gasteiger partial charge in [-0.05, 0) is 51.1 Å². The van der Waals surface area contributed by atoms with Crippen LogP contribution in [0.2, 0.25) is 0 Å². The second-order valence-corrected chi connectivity index (χ2v) is 5.42. The van der Waals surface area contributed by atoms with Gasteiger partial charge in [0.15, 0.2) is 12.4 Å². The van der Waals surface area contributed by atoms with E-state index < -0.39 is 0 Å². The molecule has 0 bridgehead atoms. The highest BCUT2D eigenvalue weighted by Crippen LogP contribution is 2.21. The van der Waals surface area contributed by atoms with E-state index in [1.54, 1.807) is 25.1 Å². The molecular formula is C17H16FN3O3. The van der Waals surface area contributed by atoms with E-state index in [2.05, 4.69) is 10.1 Å². The molecule has 0 fully saturated rings. The molecule has 0 amide bonds. The van der Waals surface area contributed by atoms with Crippen LogP contribution in [0.15, 0.2) is 34.9 Å². The average molecular weight is 329 g/mol.